The molecule has 3 rings (SSSR count). The lowest BCUT2D eigenvalue weighted by molar-refractivity contribution is 0.102. The van der Waals surface area contributed by atoms with Crippen molar-refractivity contribution in [3.8, 4) is 0 Å². The van der Waals surface area contributed by atoms with Gasteiger partial charge in [0.2, 0.25) is 0 Å². The van der Waals surface area contributed by atoms with E-state index in [9.17, 15) is 26.4 Å². The van der Waals surface area contributed by atoms with Gasteiger partial charge in [0.05, 0.1) is 4.90 Å². The number of hydrogen-bond acceptors (Lipinski definition) is 5. The zero-order valence-electron chi connectivity index (χ0n) is 15.5. The van der Waals surface area contributed by atoms with Crippen molar-refractivity contribution in [2.24, 2.45) is 0 Å². The molecule has 31 heavy (non-hydrogen) atoms. The van der Waals surface area contributed by atoms with E-state index in [0.29, 0.717) is 12.1 Å². The summed E-state index contributed by atoms with van der Waals surface area (Å²) in [6.07, 6.45) is 0. The number of hydrogen-bond donors (Lipinski definition) is 4. The first-order valence-corrected chi connectivity index (χ1v) is 10.1. The Morgan fingerprint density at radius 2 is 1.48 bits per heavy atom. The number of amides is 1. The van der Waals surface area contributed by atoms with Gasteiger partial charge in [0.1, 0.15) is 0 Å². The lowest BCUT2D eigenvalue weighted by Gasteiger charge is -2.11. The average Bonchev–Trinajstić information content (AvgIpc) is 2.72. The quantitative estimate of drug-likeness (QED) is 0.338. The van der Waals surface area contributed by atoms with Crippen LogP contribution in [0.3, 0.4) is 0 Å². The molecule has 0 aliphatic rings. The Morgan fingerprint density at radius 3 is 2.06 bits per heavy atom. The summed E-state index contributed by atoms with van der Waals surface area (Å²) >= 11 is 0. The van der Waals surface area contributed by atoms with Gasteiger partial charge < -0.3 is 15.4 Å². The van der Waals surface area contributed by atoms with Crippen LogP contribution in [0.1, 0.15) is 10.4 Å². The molecule has 0 saturated heterocycles. The summed E-state index contributed by atoms with van der Waals surface area (Å²) in [4.78, 5) is 12.1. The molecule has 0 fully saturated rings. The summed E-state index contributed by atoms with van der Waals surface area (Å²) < 4.78 is 67.1. The molecule has 0 heterocycles. The molecule has 0 aliphatic heterocycles. The zero-order chi connectivity index (χ0) is 22.8. The Balaban J connectivity index is 1.80. The van der Waals surface area contributed by atoms with Gasteiger partial charge in [-0.1, -0.05) is 18.2 Å². The average molecular weight is 450 g/mol. The highest BCUT2D eigenvalue weighted by Crippen LogP contribution is 2.20. The van der Waals surface area contributed by atoms with Crippen molar-refractivity contribution in [1.29, 1.82) is 0 Å². The Labute approximate surface area is 175 Å². The predicted molar refractivity (Wildman–Crippen MR) is 108 cm³/mol. The third-order valence-corrected chi connectivity index (χ3v) is 5.49. The molecule has 3 aromatic carbocycles. The number of carbonyl (C=O) groups excluding carboxylic acids is 1. The number of rotatable bonds is 6. The van der Waals surface area contributed by atoms with Crippen molar-refractivity contribution >= 4 is 39.9 Å². The molecular formula is C19H14BF3N2O5S. The number of carbonyl (C=O) groups is 1. The van der Waals surface area contributed by atoms with Gasteiger partial charge in [0, 0.05) is 29.1 Å². The SMILES string of the molecule is O=C(Nc1cc(F)c(F)c(F)c1)c1cccc(S(=O)(=O)Nc2ccc(B(O)O)cc2)c1. The topological polar surface area (TPSA) is 116 Å². The minimum atomic E-state index is -4.12. The van der Waals surface area contributed by atoms with Crippen LogP contribution in [0.25, 0.3) is 0 Å². The molecule has 0 atom stereocenters. The lowest BCUT2D eigenvalue weighted by atomic mass is 9.80. The van der Waals surface area contributed by atoms with Gasteiger partial charge in [0.25, 0.3) is 15.9 Å². The van der Waals surface area contributed by atoms with Crippen molar-refractivity contribution in [1.82, 2.24) is 0 Å². The molecule has 0 unspecified atom stereocenters. The van der Waals surface area contributed by atoms with Crippen LogP contribution < -0.4 is 15.5 Å². The van der Waals surface area contributed by atoms with E-state index in [1.165, 1.54) is 42.5 Å². The molecule has 0 spiro atoms. The van der Waals surface area contributed by atoms with E-state index in [-0.39, 0.29) is 27.3 Å². The first-order valence-electron chi connectivity index (χ1n) is 8.62. The normalized spacial score (nSPS) is 11.1. The summed E-state index contributed by atoms with van der Waals surface area (Å²) in [6.45, 7) is 0. The first-order chi connectivity index (χ1) is 14.6. The summed E-state index contributed by atoms with van der Waals surface area (Å²) in [7, 11) is -5.82. The third kappa shape index (κ3) is 5.23. The van der Waals surface area contributed by atoms with Gasteiger partial charge in [-0.2, -0.15) is 0 Å². The highest BCUT2D eigenvalue weighted by molar-refractivity contribution is 7.92. The molecule has 0 bridgehead atoms. The molecule has 3 aromatic rings. The largest absolute Gasteiger partial charge is 0.488 e. The summed E-state index contributed by atoms with van der Waals surface area (Å²) in [6, 6.07) is 11.3. The maximum Gasteiger partial charge on any atom is 0.488 e. The van der Waals surface area contributed by atoms with Crippen molar-refractivity contribution in [2.45, 2.75) is 4.90 Å². The van der Waals surface area contributed by atoms with E-state index in [4.69, 9.17) is 10.0 Å². The van der Waals surface area contributed by atoms with E-state index in [1.807, 2.05) is 0 Å². The number of anilines is 2. The van der Waals surface area contributed by atoms with Crippen molar-refractivity contribution < 1.29 is 36.4 Å². The molecule has 0 aliphatic carbocycles. The van der Waals surface area contributed by atoms with Crippen molar-refractivity contribution in [3.63, 3.8) is 0 Å². The van der Waals surface area contributed by atoms with Gasteiger partial charge in [0.15, 0.2) is 17.5 Å². The van der Waals surface area contributed by atoms with E-state index in [1.54, 1.807) is 0 Å². The molecule has 12 heteroatoms. The van der Waals surface area contributed by atoms with Crippen LogP contribution in [0.15, 0.2) is 65.6 Å². The minimum absolute atomic E-state index is 0.133. The fourth-order valence-electron chi connectivity index (χ4n) is 2.57. The second-order valence-corrected chi connectivity index (χ2v) is 8.02. The monoisotopic (exact) mass is 450 g/mol. The summed E-state index contributed by atoms with van der Waals surface area (Å²) in [5, 5.41) is 20.3. The number of sulfonamides is 1. The smallest absolute Gasteiger partial charge is 0.423 e. The second kappa shape index (κ2) is 8.80. The molecule has 0 aromatic heterocycles. The van der Waals surface area contributed by atoms with Gasteiger partial charge in [-0.15, -0.1) is 0 Å². The maximum atomic E-state index is 13.3. The van der Waals surface area contributed by atoms with Crippen LogP contribution in [0, 0.1) is 17.5 Å². The fraction of sp³-hybridized carbons (Fsp3) is 0. The van der Waals surface area contributed by atoms with Gasteiger partial charge in [-0.3, -0.25) is 9.52 Å². The number of benzene rings is 3. The van der Waals surface area contributed by atoms with Gasteiger partial charge >= 0.3 is 7.12 Å². The highest BCUT2D eigenvalue weighted by atomic mass is 32.2. The second-order valence-electron chi connectivity index (χ2n) is 6.34. The Bertz CT molecular complexity index is 1210. The molecule has 0 radical (unpaired) electrons. The van der Waals surface area contributed by atoms with Crippen molar-refractivity contribution in [2.75, 3.05) is 10.0 Å². The maximum absolute atomic E-state index is 13.3. The standard InChI is InChI=1S/C19H14BF3N2O5S/c21-16-9-14(10-17(22)18(16)23)24-19(26)11-2-1-3-15(8-11)31(29,30)25-13-6-4-12(5-7-13)20(27)28/h1-10,25,27-28H,(H,24,26). The Hall–Kier alpha value is -3.35. The molecule has 0 saturated carbocycles. The van der Waals surface area contributed by atoms with E-state index >= 15 is 0 Å². The molecule has 7 nitrogen and oxygen atoms in total. The van der Waals surface area contributed by atoms with Crippen LogP contribution in [-0.4, -0.2) is 31.5 Å². The van der Waals surface area contributed by atoms with Crippen LogP contribution in [-0.2, 0) is 10.0 Å². The van der Waals surface area contributed by atoms with Crippen LogP contribution >= 0.6 is 0 Å². The molecule has 160 valence electrons. The first kappa shape index (κ1) is 22.3. The van der Waals surface area contributed by atoms with Crippen molar-refractivity contribution in [3.05, 3.63) is 83.7 Å². The summed E-state index contributed by atoms with van der Waals surface area (Å²) in [5.74, 6) is -5.53. The Morgan fingerprint density at radius 1 is 0.871 bits per heavy atom. The van der Waals surface area contributed by atoms with Gasteiger partial charge in [-0.25, -0.2) is 21.6 Å². The predicted octanol–water partition coefficient (Wildman–Crippen LogP) is 1.84. The minimum Gasteiger partial charge on any atom is -0.423 e. The molecule has 4 N–H and O–H groups in total. The number of nitrogens with one attached hydrogen (secondary N) is 2. The van der Waals surface area contributed by atoms with E-state index < -0.39 is 40.5 Å². The third-order valence-electron chi connectivity index (χ3n) is 4.11. The molecule has 1 amide bonds. The van der Waals surface area contributed by atoms with E-state index in [0.717, 1.165) is 6.07 Å². The lowest BCUT2D eigenvalue weighted by Crippen LogP contribution is -2.29. The van der Waals surface area contributed by atoms with E-state index in [2.05, 4.69) is 10.0 Å². The fourth-order valence-corrected chi connectivity index (χ4v) is 3.68. The zero-order valence-corrected chi connectivity index (χ0v) is 16.3. The summed E-state index contributed by atoms with van der Waals surface area (Å²) in [5.41, 5.74) is -0.183. The van der Waals surface area contributed by atoms with Crippen LogP contribution in [0.2, 0.25) is 0 Å². The Kier molecular flexibility index (Phi) is 6.34. The number of halogens is 3. The van der Waals surface area contributed by atoms with Crippen LogP contribution in [0.5, 0.6) is 0 Å². The highest BCUT2D eigenvalue weighted by Gasteiger charge is 2.18. The van der Waals surface area contributed by atoms with Gasteiger partial charge in [-0.05, 0) is 35.8 Å². The molecular weight excluding hydrogens is 436 g/mol. The van der Waals surface area contributed by atoms with Crippen LogP contribution in [0.4, 0.5) is 24.5 Å².